The fourth-order valence-corrected chi connectivity index (χ4v) is 3.18. The Kier molecular flexibility index (Phi) is 4.04. The molecule has 0 aliphatic carbocycles. The summed E-state index contributed by atoms with van der Waals surface area (Å²) in [5.74, 6) is 2.55. The normalized spacial score (nSPS) is 16.5. The number of fused-ring (bicyclic) bond motifs is 3. The predicted molar refractivity (Wildman–Crippen MR) is 97.9 cm³/mol. The Hall–Kier alpha value is -3.35. The van der Waals surface area contributed by atoms with Gasteiger partial charge in [0.05, 0.1) is 26.5 Å². The van der Waals surface area contributed by atoms with E-state index in [4.69, 9.17) is 9.47 Å². The van der Waals surface area contributed by atoms with Crippen molar-refractivity contribution < 1.29 is 14.3 Å². The number of aliphatic imine (C=N–C) groups is 1. The van der Waals surface area contributed by atoms with Crippen molar-refractivity contribution in [3.8, 4) is 11.5 Å². The monoisotopic (exact) mass is 350 g/mol. The van der Waals surface area contributed by atoms with Crippen LogP contribution in [-0.2, 0) is 0 Å². The van der Waals surface area contributed by atoms with Gasteiger partial charge in [-0.2, -0.15) is 0 Å². The van der Waals surface area contributed by atoms with Crippen LogP contribution in [0.15, 0.2) is 53.5 Å². The second kappa shape index (κ2) is 6.51. The molecule has 7 heteroatoms. The number of methoxy groups -OCH3 is 2. The Morgan fingerprint density at radius 1 is 1.27 bits per heavy atom. The van der Waals surface area contributed by atoms with Crippen molar-refractivity contribution in [1.29, 1.82) is 0 Å². The zero-order chi connectivity index (χ0) is 18.1. The van der Waals surface area contributed by atoms with E-state index in [9.17, 15) is 4.79 Å². The summed E-state index contributed by atoms with van der Waals surface area (Å²) in [6.45, 7) is 1.38. The van der Waals surface area contributed by atoms with Crippen LogP contribution in [0.4, 0.5) is 5.69 Å². The third-order valence-corrected chi connectivity index (χ3v) is 4.39. The van der Waals surface area contributed by atoms with Crippen LogP contribution in [-0.4, -0.2) is 48.8 Å². The van der Waals surface area contributed by atoms with E-state index in [1.165, 1.54) is 0 Å². The second-order valence-corrected chi connectivity index (χ2v) is 5.84. The molecule has 0 radical (unpaired) electrons. The quantitative estimate of drug-likeness (QED) is 0.674. The number of rotatable bonds is 4. The molecule has 26 heavy (non-hydrogen) atoms. The zero-order valence-electron chi connectivity index (χ0n) is 14.5. The predicted octanol–water partition coefficient (Wildman–Crippen LogP) is 2.31. The number of amidine groups is 1. The van der Waals surface area contributed by atoms with Crippen molar-refractivity contribution in [3.05, 3.63) is 59.7 Å². The van der Waals surface area contributed by atoms with Crippen LogP contribution in [0.3, 0.4) is 0 Å². The summed E-state index contributed by atoms with van der Waals surface area (Å²) in [5, 5.41) is 3.32. The Bertz CT molecular complexity index is 922. The summed E-state index contributed by atoms with van der Waals surface area (Å²) in [5.41, 5.74) is 2.20. The van der Waals surface area contributed by atoms with E-state index in [0.717, 1.165) is 17.1 Å². The molecule has 2 aliphatic heterocycles. The number of nitrogens with zero attached hydrogens (tertiary/aromatic N) is 3. The summed E-state index contributed by atoms with van der Waals surface area (Å²) in [7, 11) is 3.18. The average molecular weight is 350 g/mol. The lowest BCUT2D eigenvalue weighted by molar-refractivity contribution is 0.104. The van der Waals surface area contributed by atoms with Gasteiger partial charge in [0.25, 0.3) is 0 Å². The van der Waals surface area contributed by atoms with E-state index < -0.39 is 0 Å². The molecule has 2 aliphatic rings. The van der Waals surface area contributed by atoms with Crippen molar-refractivity contribution >= 4 is 17.3 Å². The minimum atomic E-state index is -0.128. The average Bonchev–Trinajstić information content (AvgIpc) is 3.18. The number of ketones is 1. The minimum Gasteiger partial charge on any atom is -0.493 e. The topological polar surface area (TPSA) is 76.1 Å². The fourth-order valence-electron chi connectivity index (χ4n) is 3.18. The van der Waals surface area contributed by atoms with E-state index in [-0.39, 0.29) is 5.78 Å². The highest BCUT2D eigenvalue weighted by Crippen LogP contribution is 2.42. The zero-order valence-corrected chi connectivity index (χ0v) is 14.5. The standard InChI is InChI=1S/C19H18N4O3/c1-25-15-6-5-13-17(18(15)26-2)22-16(23-9-8-21-19(13)23)10-14(24)12-4-3-7-20-11-12/h3-7,10-11,22H,8-9H2,1-2H3. The smallest absolute Gasteiger partial charge is 0.191 e. The van der Waals surface area contributed by atoms with Gasteiger partial charge in [-0.25, -0.2) is 0 Å². The van der Waals surface area contributed by atoms with Crippen molar-refractivity contribution in [2.45, 2.75) is 0 Å². The van der Waals surface area contributed by atoms with Crippen molar-refractivity contribution in [2.75, 3.05) is 32.6 Å². The molecule has 1 aromatic heterocycles. The molecule has 0 amide bonds. The number of benzene rings is 1. The molecule has 4 rings (SSSR count). The number of carbonyl (C=O) groups is 1. The van der Waals surface area contributed by atoms with Gasteiger partial charge in [-0.1, -0.05) is 0 Å². The van der Waals surface area contributed by atoms with E-state index in [2.05, 4.69) is 15.3 Å². The van der Waals surface area contributed by atoms with Gasteiger partial charge >= 0.3 is 0 Å². The molecule has 0 saturated carbocycles. The number of anilines is 1. The number of carbonyl (C=O) groups excluding carboxylic acids is 1. The summed E-state index contributed by atoms with van der Waals surface area (Å²) in [6.07, 6.45) is 4.76. The molecule has 0 unspecified atom stereocenters. The first-order valence-corrected chi connectivity index (χ1v) is 8.23. The van der Waals surface area contributed by atoms with Crippen LogP contribution in [0.5, 0.6) is 11.5 Å². The first-order valence-electron chi connectivity index (χ1n) is 8.23. The molecule has 0 fully saturated rings. The van der Waals surface area contributed by atoms with E-state index in [1.807, 2.05) is 17.0 Å². The Labute approximate surface area is 151 Å². The minimum absolute atomic E-state index is 0.128. The molecule has 1 aromatic carbocycles. The van der Waals surface area contributed by atoms with Crippen LogP contribution >= 0.6 is 0 Å². The van der Waals surface area contributed by atoms with Gasteiger partial charge in [0.15, 0.2) is 17.3 Å². The number of hydrogen-bond donors (Lipinski definition) is 1. The molecule has 7 nitrogen and oxygen atoms in total. The van der Waals surface area contributed by atoms with Crippen LogP contribution in [0, 0.1) is 0 Å². The van der Waals surface area contributed by atoms with Crippen LogP contribution in [0.1, 0.15) is 15.9 Å². The molecule has 0 saturated heterocycles. The third-order valence-electron chi connectivity index (χ3n) is 4.39. The second-order valence-electron chi connectivity index (χ2n) is 5.84. The molecule has 2 aromatic rings. The summed E-state index contributed by atoms with van der Waals surface area (Å²) in [6, 6.07) is 7.28. The van der Waals surface area contributed by atoms with Gasteiger partial charge in [0.1, 0.15) is 11.7 Å². The fraction of sp³-hybridized carbons (Fsp3) is 0.211. The van der Waals surface area contributed by atoms with Crippen LogP contribution in [0.25, 0.3) is 0 Å². The van der Waals surface area contributed by atoms with Crippen LogP contribution < -0.4 is 14.8 Å². The molecule has 132 valence electrons. The number of aromatic nitrogens is 1. The highest BCUT2D eigenvalue weighted by molar-refractivity contribution is 6.11. The first kappa shape index (κ1) is 16.1. The molecule has 1 N–H and O–H groups in total. The van der Waals surface area contributed by atoms with Gasteiger partial charge in [0, 0.05) is 36.1 Å². The number of pyridine rings is 1. The van der Waals surface area contributed by atoms with Gasteiger partial charge < -0.3 is 19.7 Å². The van der Waals surface area contributed by atoms with Crippen molar-refractivity contribution in [1.82, 2.24) is 9.88 Å². The molecule has 0 atom stereocenters. The summed E-state index contributed by atoms with van der Waals surface area (Å²) < 4.78 is 10.9. The van der Waals surface area contributed by atoms with Crippen molar-refractivity contribution in [3.63, 3.8) is 0 Å². The van der Waals surface area contributed by atoms with Gasteiger partial charge in [0.2, 0.25) is 0 Å². The van der Waals surface area contributed by atoms with Gasteiger partial charge in [-0.15, -0.1) is 0 Å². The number of nitrogens with one attached hydrogen (secondary N) is 1. The first-order chi connectivity index (χ1) is 12.7. The lowest BCUT2D eigenvalue weighted by atomic mass is 10.1. The molecular weight excluding hydrogens is 332 g/mol. The largest absolute Gasteiger partial charge is 0.493 e. The van der Waals surface area contributed by atoms with Gasteiger partial charge in [-0.3, -0.25) is 14.8 Å². The maximum atomic E-state index is 12.6. The van der Waals surface area contributed by atoms with E-state index in [0.29, 0.717) is 36.0 Å². The van der Waals surface area contributed by atoms with Crippen molar-refractivity contribution in [2.24, 2.45) is 4.99 Å². The highest BCUT2D eigenvalue weighted by atomic mass is 16.5. The number of allylic oxidation sites excluding steroid dienone is 1. The molecule has 0 bridgehead atoms. The van der Waals surface area contributed by atoms with Crippen LogP contribution in [0.2, 0.25) is 0 Å². The maximum absolute atomic E-state index is 12.6. The Morgan fingerprint density at radius 2 is 2.15 bits per heavy atom. The summed E-state index contributed by atoms with van der Waals surface area (Å²) in [4.78, 5) is 23.2. The van der Waals surface area contributed by atoms with E-state index in [1.54, 1.807) is 44.8 Å². The lowest BCUT2D eigenvalue weighted by Gasteiger charge is -2.32. The SMILES string of the molecule is COc1ccc2c(c1OC)NC(=CC(=O)c1cccnc1)N1CCN=C21. The summed E-state index contributed by atoms with van der Waals surface area (Å²) >= 11 is 0. The number of ether oxygens (including phenoxy) is 2. The van der Waals surface area contributed by atoms with E-state index >= 15 is 0 Å². The Balaban J connectivity index is 1.79. The maximum Gasteiger partial charge on any atom is 0.191 e. The van der Waals surface area contributed by atoms with Gasteiger partial charge in [-0.05, 0) is 24.3 Å². The highest BCUT2D eigenvalue weighted by Gasteiger charge is 2.32. The molecular formula is C19H18N4O3. The molecule has 0 spiro atoms. The Morgan fingerprint density at radius 3 is 2.88 bits per heavy atom. The molecule has 3 heterocycles. The third kappa shape index (κ3) is 2.57. The number of hydrogen-bond acceptors (Lipinski definition) is 7. The lowest BCUT2D eigenvalue weighted by Crippen LogP contribution is -2.36.